The minimum Gasteiger partial charge on any atom is -0.465 e. The third kappa shape index (κ3) is 3.77. The van der Waals surface area contributed by atoms with Crippen molar-refractivity contribution in [3.05, 3.63) is 46.9 Å². The molecule has 1 aromatic carbocycles. The van der Waals surface area contributed by atoms with Gasteiger partial charge in [-0.1, -0.05) is 12.1 Å². The Kier molecular flexibility index (Phi) is 5.30. The molecule has 0 aliphatic rings. The van der Waals surface area contributed by atoms with Crippen molar-refractivity contribution < 1.29 is 22.4 Å². The van der Waals surface area contributed by atoms with Crippen LogP contribution in [-0.2, 0) is 21.2 Å². The van der Waals surface area contributed by atoms with Gasteiger partial charge in [-0.2, -0.15) is 0 Å². The Labute approximate surface area is 140 Å². The van der Waals surface area contributed by atoms with Gasteiger partial charge >= 0.3 is 5.97 Å². The van der Waals surface area contributed by atoms with E-state index in [1.807, 2.05) is 12.1 Å². The number of hydrogen-bond donors (Lipinski definition) is 2. The summed E-state index contributed by atoms with van der Waals surface area (Å²) in [5.41, 5.74) is 7.13. The van der Waals surface area contributed by atoms with Gasteiger partial charge in [0.25, 0.3) is 0 Å². The van der Waals surface area contributed by atoms with E-state index in [4.69, 9.17) is 10.2 Å². The van der Waals surface area contributed by atoms with Crippen molar-refractivity contribution in [3.8, 4) is 0 Å². The van der Waals surface area contributed by atoms with E-state index in [0.29, 0.717) is 12.1 Å². The molecule has 0 aliphatic heterocycles. The Morgan fingerprint density at radius 1 is 1.21 bits per heavy atom. The summed E-state index contributed by atoms with van der Waals surface area (Å²) >= 11 is 0. The molecule has 0 atom stereocenters. The predicted octanol–water partition coefficient (Wildman–Crippen LogP) is 1.79. The number of aryl methyl sites for hydroxylation is 2. The van der Waals surface area contributed by atoms with Crippen molar-refractivity contribution in [2.75, 3.05) is 19.4 Å². The smallest absolute Gasteiger partial charge is 0.342 e. The summed E-state index contributed by atoms with van der Waals surface area (Å²) in [4.78, 5) is 11.7. The summed E-state index contributed by atoms with van der Waals surface area (Å²) in [5, 5.41) is 0. The number of nitrogens with two attached hydrogens (primary N) is 1. The average Bonchev–Trinajstić information content (AvgIpc) is 2.83. The lowest BCUT2D eigenvalue weighted by Crippen LogP contribution is -2.27. The molecule has 8 heteroatoms. The fraction of sp³-hybridized carbons (Fsp3) is 0.312. The molecule has 0 spiro atoms. The molecule has 0 aliphatic carbocycles. The molecule has 0 unspecified atom stereocenters. The lowest BCUT2D eigenvalue weighted by molar-refractivity contribution is 0.0595. The lowest BCUT2D eigenvalue weighted by Gasteiger charge is -2.08. The Morgan fingerprint density at radius 3 is 2.42 bits per heavy atom. The van der Waals surface area contributed by atoms with Gasteiger partial charge in [0.2, 0.25) is 10.0 Å². The molecular weight excluding hydrogens is 332 g/mol. The van der Waals surface area contributed by atoms with Crippen LogP contribution in [0.15, 0.2) is 33.6 Å². The topological polar surface area (TPSA) is 112 Å². The maximum absolute atomic E-state index is 12.6. The van der Waals surface area contributed by atoms with Crippen molar-refractivity contribution >= 4 is 21.7 Å². The van der Waals surface area contributed by atoms with Crippen LogP contribution in [0, 0.1) is 13.8 Å². The van der Waals surface area contributed by atoms with Crippen LogP contribution in [0.25, 0.3) is 0 Å². The van der Waals surface area contributed by atoms with Gasteiger partial charge in [0.1, 0.15) is 22.0 Å². The Bertz CT molecular complexity index is 838. The molecule has 0 saturated carbocycles. The third-order valence-electron chi connectivity index (χ3n) is 3.55. The molecular formula is C16H20N2O5S. The molecule has 0 bridgehead atoms. The first-order chi connectivity index (χ1) is 11.3. The van der Waals surface area contributed by atoms with E-state index in [2.05, 4.69) is 9.46 Å². The second-order valence-corrected chi connectivity index (χ2v) is 7.00. The largest absolute Gasteiger partial charge is 0.465 e. The molecule has 2 aromatic rings. The minimum atomic E-state index is -3.90. The number of methoxy groups -OCH3 is 1. The SMILES string of the molecule is COC(=O)c1c(C)oc(C)c1S(=O)(=O)NCCc1ccc(N)cc1. The first-order valence-electron chi connectivity index (χ1n) is 7.28. The van der Waals surface area contributed by atoms with Crippen molar-refractivity contribution in [2.45, 2.75) is 25.2 Å². The molecule has 0 amide bonds. The van der Waals surface area contributed by atoms with Crippen LogP contribution in [0.2, 0.25) is 0 Å². The number of benzene rings is 1. The van der Waals surface area contributed by atoms with Crippen LogP contribution < -0.4 is 10.5 Å². The number of nitrogens with one attached hydrogen (secondary N) is 1. The van der Waals surface area contributed by atoms with Crippen molar-refractivity contribution in [3.63, 3.8) is 0 Å². The number of anilines is 1. The highest BCUT2D eigenvalue weighted by molar-refractivity contribution is 7.89. The molecule has 1 aromatic heterocycles. The first-order valence-corrected chi connectivity index (χ1v) is 8.77. The monoisotopic (exact) mass is 352 g/mol. The number of carbonyl (C=O) groups excluding carboxylic acids is 1. The number of carbonyl (C=O) groups is 1. The minimum absolute atomic E-state index is 0.0741. The fourth-order valence-corrected chi connectivity index (χ4v) is 3.84. The number of rotatable bonds is 6. The zero-order chi connectivity index (χ0) is 17.9. The highest BCUT2D eigenvalue weighted by Gasteiger charge is 2.31. The van der Waals surface area contributed by atoms with Crippen molar-refractivity contribution in [1.82, 2.24) is 4.72 Å². The maximum atomic E-state index is 12.6. The summed E-state index contributed by atoms with van der Waals surface area (Å²) in [7, 11) is -2.71. The van der Waals surface area contributed by atoms with Crippen LogP contribution in [0.1, 0.15) is 27.4 Å². The molecule has 24 heavy (non-hydrogen) atoms. The highest BCUT2D eigenvalue weighted by Crippen LogP contribution is 2.27. The zero-order valence-corrected chi connectivity index (χ0v) is 14.6. The normalized spacial score (nSPS) is 11.5. The van der Waals surface area contributed by atoms with Gasteiger partial charge in [0.05, 0.1) is 7.11 Å². The van der Waals surface area contributed by atoms with Crippen LogP contribution in [0.5, 0.6) is 0 Å². The van der Waals surface area contributed by atoms with E-state index in [0.717, 1.165) is 5.56 Å². The molecule has 0 saturated heterocycles. The van der Waals surface area contributed by atoms with E-state index in [1.54, 1.807) is 12.1 Å². The van der Waals surface area contributed by atoms with Gasteiger partial charge in [-0.3, -0.25) is 0 Å². The quantitative estimate of drug-likeness (QED) is 0.605. The van der Waals surface area contributed by atoms with Gasteiger partial charge < -0.3 is 14.9 Å². The number of furan rings is 1. The van der Waals surface area contributed by atoms with Gasteiger partial charge in [0, 0.05) is 12.2 Å². The van der Waals surface area contributed by atoms with Gasteiger partial charge in [-0.05, 0) is 38.0 Å². The van der Waals surface area contributed by atoms with Crippen LogP contribution in [-0.4, -0.2) is 28.0 Å². The number of nitrogen functional groups attached to an aromatic ring is 1. The number of sulfonamides is 1. The fourth-order valence-electron chi connectivity index (χ4n) is 2.41. The number of esters is 1. The first kappa shape index (κ1) is 18.0. The summed E-state index contributed by atoms with van der Waals surface area (Å²) in [6.07, 6.45) is 0.489. The molecule has 3 N–H and O–H groups in total. The number of hydrogen-bond acceptors (Lipinski definition) is 6. The summed E-state index contributed by atoms with van der Waals surface area (Å²) < 4.78 is 37.5. The third-order valence-corrected chi connectivity index (χ3v) is 5.16. The highest BCUT2D eigenvalue weighted by atomic mass is 32.2. The lowest BCUT2D eigenvalue weighted by atomic mass is 10.1. The Balaban J connectivity index is 2.19. The summed E-state index contributed by atoms with van der Waals surface area (Å²) in [5.74, 6) is -0.394. The second-order valence-electron chi connectivity index (χ2n) is 5.30. The van der Waals surface area contributed by atoms with Crippen molar-refractivity contribution in [1.29, 1.82) is 0 Å². The predicted molar refractivity (Wildman–Crippen MR) is 89.3 cm³/mol. The Morgan fingerprint density at radius 2 is 1.83 bits per heavy atom. The zero-order valence-electron chi connectivity index (χ0n) is 13.8. The van der Waals surface area contributed by atoms with Crippen LogP contribution in [0.4, 0.5) is 5.69 Å². The molecule has 0 radical (unpaired) electrons. The van der Waals surface area contributed by atoms with Crippen LogP contribution in [0.3, 0.4) is 0 Å². The van der Waals surface area contributed by atoms with Gasteiger partial charge in [0.15, 0.2) is 0 Å². The van der Waals surface area contributed by atoms with Crippen LogP contribution >= 0.6 is 0 Å². The second kappa shape index (κ2) is 7.06. The van der Waals surface area contributed by atoms with E-state index in [1.165, 1.54) is 21.0 Å². The van der Waals surface area contributed by atoms with E-state index in [-0.39, 0.29) is 28.5 Å². The molecule has 7 nitrogen and oxygen atoms in total. The van der Waals surface area contributed by atoms with Gasteiger partial charge in [-0.25, -0.2) is 17.9 Å². The standard InChI is InChI=1S/C16H20N2O5S/c1-10-14(16(19)22-3)15(11(2)23-10)24(20,21)18-9-8-12-4-6-13(17)7-5-12/h4-7,18H,8-9,17H2,1-3H3. The summed E-state index contributed by atoms with van der Waals surface area (Å²) in [6, 6.07) is 7.17. The summed E-state index contributed by atoms with van der Waals surface area (Å²) in [6.45, 7) is 3.19. The molecule has 0 fully saturated rings. The average molecular weight is 352 g/mol. The van der Waals surface area contributed by atoms with E-state index in [9.17, 15) is 13.2 Å². The number of ether oxygens (including phenoxy) is 1. The van der Waals surface area contributed by atoms with Gasteiger partial charge in [-0.15, -0.1) is 0 Å². The van der Waals surface area contributed by atoms with E-state index >= 15 is 0 Å². The van der Waals surface area contributed by atoms with Crippen molar-refractivity contribution in [2.24, 2.45) is 0 Å². The molecule has 130 valence electrons. The maximum Gasteiger partial charge on any atom is 0.342 e. The molecule has 2 rings (SSSR count). The molecule has 1 heterocycles. The van der Waals surface area contributed by atoms with E-state index < -0.39 is 16.0 Å². The Hall–Kier alpha value is -2.32.